The van der Waals surface area contributed by atoms with E-state index in [9.17, 15) is 0 Å². The van der Waals surface area contributed by atoms with Gasteiger partial charge in [0.15, 0.2) is 0 Å². The van der Waals surface area contributed by atoms with Crippen molar-refractivity contribution in [2.45, 2.75) is 104 Å². The molecule has 4 nitrogen and oxygen atoms in total. The first-order chi connectivity index (χ1) is 12.1. The second kappa shape index (κ2) is 18.2. The molecule has 0 aliphatic carbocycles. The molecule has 0 spiro atoms. The van der Waals surface area contributed by atoms with Crippen molar-refractivity contribution < 1.29 is 17.5 Å². The summed E-state index contributed by atoms with van der Waals surface area (Å²) < 4.78 is 28.4. The van der Waals surface area contributed by atoms with E-state index in [1.54, 1.807) is 0 Å². The van der Waals surface area contributed by atoms with E-state index in [1.165, 1.54) is 107 Å². The minimum atomic E-state index is -3.92. The van der Waals surface area contributed by atoms with Crippen LogP contribution in [0.5, 0.6) is 0 Å². The Morgan fingerprint density at radius 2 is 0.923 bits per heavy atom. The van der Waals surface area contributed by atoms with Gasteiger partial charge in [-0.3, -0.25) is 0 Å². The van der Waals surface area contributed by atoms with Gasteiger partial charge in [-0.2, -0.15) is 0 Å². The van der Waals surface area contributed by atoms with Crippen LogP contribution in [-0.4, -0.2) is 50.9 Å². The maximum atomic E-state index is 9.08. The predicted molar refractivity (Wildman–Crippen MR) is 113 cm³/mol. The van der Waals surface area contributed by atoms with Crippen LogP contribution in [0.15, 0.2) is 0 Å². The molecule has 160 valence electrons. The number of unbranched alkanes of at least 4 members (excludes halogenated alkanes) is 13. The van der Waals surface area contributed by atoms with Gasteiger partial charge in [0.2, 0.25) is 0 Å². The fraction of sp³-hybridized carbons (Fsp3) is 1.00. The molecule has 0 rings (SSSR count). The average Bonchev–Trinajstić information content (AvgIpc) is 2.53. The van der Waals surface area contributed by atoms with Gasteiger partial charge in [-0.1, -0.05) is 84.0 Å². The van der Waals surface area contributed by atoms with Crippen molar-refractivity contribution in [3.63, 3.8) is 0 Å². The second-order valence-corrected chi connectivity index (χ2v) is 9.68. The molecule has 0 radical (unpaired) electrons. The highest BCUT2D eigenvalue weighted by Crippen LogP contribution is 2.13. The van der Waals surface area contributed by atoms with E-state index in [0.29, 0.717) is 6.26 Å². The molecule has 5 heteroatoms. The van der Waals surface area contributed by atoms with Crippen molar-refractivity contribution >= 4 is 10.1 Å². The van der Waals surface area contributed by atoms with Crippen molar-refractivity contribution in [2.24, 2.45) is 0 Å². The third-order valence-electron chi connectivity index (χ3n) is 4.97. The molecule has 0 N–H and O–H groups in total. The average molecular weight is 394 g/mol. The van der Waals surface area contributed by atoms with E-state index in [2.05, 4.69) is 27.9 Å². The van der Waals surface area contributed by atoms with Crippen LogP contribution in [0.1, 0.15) is 104 Å². The Morgan fingerprint density at radius 1 is 0.654 bits per heavy atom. The van der Waals surface area contributed by atoms with Crippen molar-refractivity contribution in [1.29, 1.82) is 0 Å². The minimum Gasteiger partial charge on any atom is -0.748 e. The summed E-state index contributed by atoms with van der Waals surface area (Å²) in [5.74, 6) is 0. The molecular weight excluding hydrogens is 346 g/mol. The summed E-state index contributed by atoms with van der Waals surface area (Å²) in [5, 5.41) is 0. The Balaban J connectivity index is 0. The molecule has 0 heterocycles. The predicted octanol–water partition coefficient (Wildman–Crippen LogP) is 5.73. The van der Waals surface area contributed by atoms with Gasteiger partial charge in [-0.25, -0.2) is 8.42 Å². The van der Waals surface area contributed by atoms with Gasteiger partial charge in [0, 0.05) is 6.26 Å². The van der Waals surface area contributed by atoms with Gasteiger partial charge >= 0.3 is 0 Å². The van der Waals surface area contributed by atoms with Crippen LogP contribution in [0, 0.1) is 0 Å². The molecule has 0 aromatic rings. The number of hydrogen-bond acceptors (Lipinski definition) is 3. The summed E-state index contributed by atoms with van der Waals surface area (Å²) in [5.41, 5.74) is 0. The van der Waals surface area contributed by atoms with Crippen LogP contribution in [0.2, 0.25) is 0 Å². The van der Waals surface area contributed by atoms with E-state index in [1.807, 2.05) is 0 Å². The normalized spacial score (nSPS) is 11.9. The molecule has 0 amide bonds. The lowest BCUT2D eigenvalue weighted by Crippen LogP contribution is -2.39. The molecule has 0 atom stereocenters. The Morgan fingerprint density at radius 3 is 1.19 bits per heavy atom. The monoisotopic (exact) mass is 393 g/mol. The minimum absolute atomic E-state index is 0.604. The van der Waals surface area contributed by atoms with Crippen molar-refractivity contribution in [3.05, 3.63) is 0 Å². The summed E-state index contributed by atoms with van der Waals surface area (Å²) in [7, 11) is 0.782. The Labute approximate surface area is 165 Å². The number of rotatable bonds is 16. The lowest BCUT2D eigenvalue weighted by Gasteiger charge is -2.28. The Bertz CT molecular complexity index is 373. The summed E-state index contributed by atoms with van der Waals surface area (Å²) in [6.07, 6.45) is 21.0. The van der Waals surface area contributed by atoms with E-state index in [0.717, 1.165) is 0 Å². The van der Waals surface area contributed by atoms with Crippen LogP contribution in [-0.2, 0) is 10.1 Å². The van der Waals surface area contributed by atoms with E-state index >= 15 is 0 Å². The molecule has 0 saturated carbocycles. The summed E-state index contributed by atoms with van der Waals surface area (Å²) in [4.78, 5) is 0. The maximum Gasteiger partial charge on any atom is 0.0916 e. The summed E-state index contributed by atoms with van der Waals surface area (Å²) >= 11 is 0. The molecule has 0 aromatic carbocycles. The van der Waals surface area contributed by atoms with Gasteiger partial charge in [0.25, 0.3) is 0 Å². The van der Waals surface area contributed by atoms with Gasteiger partial charge in [-0.15, -0.1) is 0 Å². The first-order valence-electron chi connectivity index (χ1n) is 10.8. The SMILES string of the molecule is CCCCCCCCCCCCCCCC[N+](C)(C)CC.CS(=O)(=O)[O-]. The smallest absolute Gasteiger partial charge is 0.0916 e. The highest BCUT2D eigenvalue weighted by molar-refractivity contribution is 7.84. The van der Waals surface area contributed by atoms with Crippen LogP contribution >= 0.6 is 0 Å². The summed E-state index contributed by atoms with van der Waals surface area (Å²) in [6, 6.07) is 0. The van der Waals surface area contributed by atoms with Crippen molar-refractivity contribution in [1.82, 2.24) is 0 Å². The molecule has 0 aromatic heterocycles. The van der Waals surface area contributed by atoms with Crippen LogP contribution in [0.4, 0.5) is 0 Å². The van der Waals surface area contributed by atoms with Crippen LogP contribution in [0.25, 0.3) is 0 Å². The highest BCUT2D eigenvalue weighted by atomic mass is 32.2. The zero-order valence-electron chi connectivity index (χ0n) is 18.4. The largest absolute Gasteiger partial charge is 0.748 e. The molecule has 0 aliphatic rings. The summed E-state index contributed by atoms with van der Waals surface area (Å²) in [6.45, 7) is 7.21. The topological polar surface area (TPSA) is 57.2 Å². The van der Waals surface area contributed by atoms with Crippen LogP contribution < -0.4 is 0 Å². The molecule has 0 unspecified atom stereocenters. The first kappa shape index (κ1) is 28.1. The molecule has 26 heavy (non-hydrogen) atoms. The van der Waals surface area contributed by atoms with Crippen LogP contribution in [0.3, 0.4) is 0 Å². The highest BCUT2D eigenvalue weighted by Gasteiger charge is 2.09. The lowest BCUT2D eigenvalue weighted by atomic mass is 10.0. The van der Waals surface area contributed by atoms with Gasteiger partial charge in [-0.05, 0) is 19.8 Å². The van der Waals surface area contributed by atoms with E-state index in [-0.39, 0.29) is 0 Å². The fourth-order valence-electron chi connectivity index (χ4n) is 2.89. The zero-order valence-corrected chi connectivity index (χ0v) is 19.2. The van der Waals surface area contributed by atoms with Gasteiger partial charge in [0.1, 0.15) is 0 Å². The number of nitrogens with zero attached hydrogens (tertiary/aromatic N) is 1. The van der Waals surface area contributed by atoms with Crippen molar-refractivity contribution in [3.8, 4) is 0 Å². The Hall–Kier alpha value is -0.130. The third-order valence-corrected chi connectivity index (χ3v) is 4.97. The number of quaternary nitrogens is 1. The maximum absolute atomic E-state index is 9.08. The molecule has 0 fully saturated rings. The van der Waals surface area contributed by atoms with Gasteiger partial charge in [0.05, 0.1) is 37.3 Å². The molecule has 0 saturated heterocycles. The molecule has 0 bridgehead atoms. The Kier molecular flexibility index (Phi) is 19.7. The zero-order chi connectivity index (χ0) is 20.3. The van der Waals surface area contributed by atoms with E-state index in [4.69, 9.17) is 13.0 Å². The molecular formula is C21H47NO3S. The lowest BCUT2D eigenvalue weighted by molar-refractivity contribution is -0.888. The fourth-order valence-corrected chi connectivity index (χ4v) is 2.89. The standard InChI is InChI=1S/C20H44N.CH4O3S/c1-5-7-8-9-10-11-12-13-14-15-16-17-18-19-20-21(3,4)6-2;1-5(2,3)4/h5-20H2,1-4H3;1H3,(H,2,3,4)/q+1;/p-1. The quantitative estimate of drug-likeness (QED) is 0.191. The first-order valence-corrected chi connectivity index (χ1v) is 12.7. The molecule has 0 aliphatic heterocycles. The second-order valence-electron chi connectivity index (χ2n) is 8.28. The van der Waals surface area contributed by atoms with Gasteiger partial charge < -0.3 is 9.04 Å². The van der Waals surface area contributed by atoms with Crippen molar-refractivity contribution in [2.75, 3.05) is 33.4 Å². The van der Waals surface area contributed by atoms with E-state index < -0.39 is 10.1 Å². The number of hydrogen-bond donors (Lipinski definition) is 0. The third kappa shape index (κ3) is 31.6.